The second-order valence-corrected chi connectivity index (χ2v) is 4.74. The van der Waals surface area contributed by atoms with Gasteiger partial charge in [-0.1, -0.05) is 29.0 Å². The zero-order chi connectivity index (χ0) is 11.5. The summed E-state index contributed by atoms with van der Waals surface area (Å²) >= 11 is 1.60. The molecule has 3 nitrogen and oxygen atoms in total. The Labute approximate surface area is 99.5 Å². The standard InChI is InChI=1S/C12H15N3S/c1-4-13-12-15-14-11(16-12)10-7-8(2)5-6-9(10)3/h5-7H,4H2,1-3H3,(H,13,15). The van der Waals surface area contributed by atoms with Crippen molar-refractivity contribution in [2.75, 3.05) is 11.9 Å². The van der Waals surface area contributed by atoms with E-state index in [0.717, 1.165) is 16.7 Å². The molecule has 16 heavy (non-hydrogen) atoms. The van der Waals surface area contributed by atoms with Crippen molar-refractivity contribution in [1.82, 2.24) is 10.2 Å². The monoisotopic (exact) mass is 233 g/mol. The number of hydrogen-bond donors (Lipinski definition) is 1. The van der Waals surface area contributed by atoms with Crippen LogP contribution in [-0.4, -0.2) is 16.7 Å². The normalized spacial score (nSPS) is 10.4. The Morgan fingerprint density at radius 1 is 1.25 bits per heavy atom. The molecular formula is C12H15N3S. The van der Waals surface area contributed by atoms with E-state index in [2.05, 4.69) is 54.5 Å². The van der Waals surface area contributed by atoms with Gasteiger partial charge in [-0.05, 0) is 32.4 Å². The summed E-state index contributed by atoms with van der Waals surface area (Å²) in [6.45, 7) is 7.12. The molecule has 1 aromatic heterocycles. The van der Waals surface area contributed by atoms with Gasteiger partial charge in [0.15, 0.2) is 0 Å². The van der Waals surface area contributed by atoms with Gasteiger partial charge in [0.05, 0.1) is 0 Å². The lowest BCUT2D eigenvalue weighted by Crippen LogP contribution is -1.94. The topological polar surface area (TPSA) is 37.8 Å². The van der Waals surface area contributed by atoms with Gasteiger partial charge in [-0.15, -0.1) is 10.2 Å². The summed E-state index contributed by atoms with van der Waals surface area (Å²) in [5.74, 6) is 0. The average molecular weight is 233 g/mol. The van der Waals surface area contributed by atoms with Crippen molar-refractivity contribution in [3.8, 4) is 10.6 Å². The van der Waals surface area contributed by atoms with Crippen LogP contribution in [0.5, 0.6) is 0 Å². The van der Waals surface area contributed by atoms with Crippen LogP contribution >= 0.6 is 11.3 Å². The van der Waals surface area contributed by atoms with Gasteiger partial charge in [0.25, 0.3) is 0 Å². The third-order valence-electron chi connectivity index (χ3n) is 2.38. The predicted octanol–water partition coefficient (Wildman–Crippen LogP) is 3.25. The van der Waals surface area contributed by atoms with Gasteiger partial charge in [0.2, 0.25) is 5.13 Å². The lowest BCUT2D eigenvalue weighted by Gasteiger charge is -2.02. The first-order chi connectivity index (χ1) is 7.70. The van der Waals surface area contributed by atoms with Crippen molar-refractivity contribution in [3.63, 3.8) is 0 Å². The summed E-state index contributed by atoms with van der Waals surface area (Å²) in [4.78, 5) is 0. The Hall–Kier alpha value is -1.42. The third-order valence-corrected chi connectivity index (χ3v) is 3.29. The van der Waals surface area contributed by atoms with Gasteiger partial charge in [0.1, 0.15) is 5.01 Å². The predicted molar refractivity (Wildman–Crippen MR) is 69.0 cm³/mol. The van der Waals surface area contributed by atoms with E-state index in [1.165, 1.54) is 16.7 Å². The van der Waals surface area contributed by atoms with Crippen LogP contribution in [0.25, 0.3) is 10.6 Å². The van der Waals surface area contributed by atoms with Crippen molar-refractivity contribution in [1.29, 1.82) is 0 Å². The first kappa shape index (κ1) is 11.1. The zero-order valence-corrected chi connectivity index (χ0v) is 10.6. The Balaban J connectivity index is 2.38. The summed E-state index contributed by atoms with van der Waals surface area (Å²) in [6.07, 6.45) is 0. The highest BCUT2D eigenvalue weighted by Crippen LogP contribution is 2.29. The van der Waals surface area contributed by atoms with Crippen LogP contribution in [0.15, 0.2) is 18.2 Å². The molecule has 1 heterocycles. The molecule has 0 aliphatic rings. The average Bonchev–Trinajstić information content (AvgIpc) is 2.71. The molecule has 0 saturated carbocycles. The minimum atomic E-state index is 0.876. The molecule has 0 aliphatic carbocycles. The highest BCUT2D eigenvalue weighted by atomic mass is 32.1. The molecule has 0 aliphatic heterocycles. The van der Waals surface area contributed by atoms with Gasteiger partial charge in [-0.25, -0.2) is 0 Å². The van der Waals surface area contributed by atoms with Crippen LogP contribution in [0, 0.1) is 13.8 Å². The van der Waals surface area contributed by atoms with E-state index in [0.29, 0.717) is 0 Å². The minimum Gasteiger partial charge on any atom is -0.360 e. The lowest BCUT2D eigenvalue weighted by molar-refractivity contribution is 1.07. The summed E-state index contributed by atoms with van der Waals surface area (Å²) < 4.78 is 0. The molecule has 0 atom stereocenters. The molecule has 0 amide bonds. The number of benzene rings is 1. The van der Waals surface area contributed by atoms with E-state index >= 15 is 0 Å². The second-order valence-electron chi connectivity index (χ2n) is 3.76. The van der Waals surface area contributed by atoms with Gasteiger partial charge in [-0.2, -0.15) is 0 Å². The Morgan fingerprint density at radius 2 is 2.06 bits per heavy atom. The molecule has 2 rings (SSSR count). The molecule has 1 N–H and O–H groups in total. The molecule has 0 bridgehead atoms. The molecular weight excluding hydrogens is 218 g/mol. The molecule has 0 saturated heterocycles. The van der Waals surface area contributed by atoms with Crippen molar-refractivity contribution in [3.05, 3.63) is 29.3 Å². The number of nitrogens with one attached hydrogen (secondary N) is 1. The first-order valence-corrected chi connectivity index (χ1v) is 6.17. The van der Waals surface area contributed by atoms with E-state index in [4.69, 9.17) is 0 Å². The van der Waals surface area contributed by atoms with Gasteiger partial charge in [0, 0.05) is 12.1 Å². The fraction of sp³-hybridized carbons (Fsp3) is 0.333. The Kier molecular flexibility index (Phi) is 3.19. The number of anilines is 1. The summed E-state index contributed by atoms with van der Waals surface area (Å²) in [7, 11) is 0. The van der Waals surface area contributed by atoms with E-state index in [9.17, 15) is 0 Å². The maximum absolute atomic E-state index is 4.21. The van der Waals surface area contributed by atoms with Crippen molar-refractivity contribution in [2.24, 2.45) is 0 Å². The van der Waals surface area contributed by atoms with Gasteiger partial charge < -0.3 is 5.32 Å². The van der Waals surface area contributed by atoms with E-state index in [1.807, 2.05) is 0 Å². The SMILES string of the molecule is CCNc1nnc(-c2cc(C)ccc2C)s1. The van der Waals surface area contributed by atoms with Crippen LogP contribution in [0.4, 0.5) is 5.13 Å². The largest absolute Gasteiger partial charge is 0.360 e. The maximum Gasteiger partial charge on any atom is 0.205 e. The van der Waals surface area contributed by atoms with Crippen molar-refractivity contribution < 1.29 is 0 Å². The maximum atomic E-state index is 4.21. The summed E-state index contributed by atoms with van der Waals surface area (Å²) in [5.41, 5.74) is 3.67. The number of rotatable bonds is 3. The lowest BCUT2D eigenvalue weighted by atomic mass is 10.1. The fourth-order valence-corrected chi connectivity index (χ4v) is 2.41. The van der Waals surface area contributed by atoms with Crippen LogP contribution in [0.1, 0.15) is 18.1 Å². The molecule has 4 heteroatoms. The smallest absolute Gasteiger partial charge is 0.205 e. The molecule has 0 radical (unpaired) electrons. The van der Waals surface area contributed by atoms with Crippen LogP contribution in [0.3, 0.4) is 0 Å². The zero-order valence-electron chi connectivity index (χ0n) is 9.74. The van der Waals surface area contributed by atoms with E-state index < -0.39 is 0 Å². The molecule has 0 spiro atoms. The molecule has 84 valence electrons. The number of nitrogens with zero attached hydrogens (tertiary/aromatic N) is 2. The summed E-state index contributed by atoms with van der Waals surface area (Å²) in [6, 6.07) is 6.40. The fourth-order valence-electron chi connectivity index (χ4n) is 1.52. The van der Waals surface area contributed by atoms with E-state index in [1.54, 1.807) is 11.3 Å². The van der Waals surface area contributed by atoms with E-state index in [-0.39, 0.29) is 0 Å². The Bertz CT molecular complexity index is 491. The number of aryl methyl sites for hydroxylation is 2. The number of hydrogen-bond acceptors (Lipinski definition) is 4. The highest BCUT2D eigenvalue weighted by Gasteiger charge is 2.08. The van der Waals surface area contributed by atoms with Crippen molar-refractivity contribution in [2.45, 2.75) is 20.8 Å². The Morgan fingerprint density at radius 3 is 2.81 bits per heavy atom. The van der Waals surface area contributed by atoms with Gasteiger partial charge in [-0.3, -0.25) is 0 Å². The summed E-state index contributed by atoms with van der Waals surface area (Å²) in [5, 5.41) is 13.4. The molecule has 1 aromatic carbocycles. The molecule has 0 fully saturated rings. The first-order valence-electron chi connectivity index (χ1n) is 5.35. The molecule has 2 aromatic rings. The second kappa shape index (κ2) is 4.61. The van der Waals surface area contributed by atoms with Crippen molar-refractivity contribution >= 4 is 16.5 Å². The quantitative estimate of drug-likeness (QED) is 0.884. The van der Waals surface area contributed by atoms with Crippen LogP contribution in [-0.2, 0) is 0 Å². The minimum absolute atomic E-state index is 0.876. The molecule has 0 unspecified atom stereocenters. The number of aromatic nitrogens is 2. The van der Waals surface area contributed by atoms with Crippen LogP contribution < -0.4 is 5.32 Å². The van der Waals surface area contributed by atoms with Gasteiger partial charge >= 0.3 is 0 Å². The third kappa shape index (κ3) is 2.22. The van der Waals surface area contributed by atoms with Crippen LogP contribution in [0.2, 0.25) is 0 Å². The highest BCUT2D eigenvalue weighted by molar-refractivity contribution is 7.18.